The molecular weight excluding hydrogens is 262 g/mol. The number of rotatable bonds is 6. The lowest BCUT2D eigenvalue weighted by Gasteiger charge is -2.17. The van der Waals surface area contributed by atoms with Gasteiger partial charge in [-0.15, -0.1) is 11.3 Å². The third-order valence-corrected chi connectivity index (χ3v) is 4.54. The largest absolute Gasteiger partial charge is 0.481 e. The minimum atomic E-state index is -0.889. The summed E-state index contributed by atoms with van der Waals surface area (Å²) in [7, 11) is 0. The Balaban J connectivity index is 1.91. The molecule has 1 aromatic rings. The van der Waals surface area contributed by atoms with E-state index in [9.17, 15) is 9.59 Å². The molecule has 5 heteroatoms. The first-order valence-corrected chi connectivity index (χ1v) is 7.57. The predicted octanol–water partition coefficient (Wildman–Crippen LogP) is 2.96. The number of nitrogens with one attached hydrogen (secondary N) is 1. The molecule has 1 aliphatic carbocycles. The number of amides is 1. The molecule has 1 unspecified atom stereocenters. The van der Waals surface area contributed by atoms with Gasteiger partial charge in [-0.3, -0.25) is 9.59 Å². The van der Waals surface area contributed by atoms with Crippen molar-refractivity contribution in [2.75, 3.05) is 0 Å². The molecule has 0 bridgehead atoms. The van der Waals surface area contributed by atoms with E-state index >= 15 is 0 Å². The lowest BCUT2D eigenvalue weighted by molar-refractivity contribution is -0.137. The maximum Gasteiger partial charge on any atom is 0.305 e. The number of carboxylic acid groups (broad SMARTS) is 1. The molecule has 1 aliphatic rings. The summed E-state index contributed by atoms with van der Waals surface area (Å²) in [6, 6.07) is 3.35. The molecule has 1 saturated carbocycles. The number of carbonyl (C=O) groups is 2. The van der Waals surface area contributed by atoms with Gasteiger partial charge in [-0.05, 0) is 30.2 Å². The Bertz CT molecular complexity index is 424. The van der Waals surface area contributed by atoms with Crippen LogP contribution in [0.2, 0.25) is 0 Å². The smallest absolute Gasteiger partial charge is 0.305 e. The number of hydrogen-bond donors (Lipinski definition) is 2. The zero-order chi connectivity index (χ0) is 13.7. The van der Waals surface area contributed by atoms with Crippen LogP contribution in [0.3, 0.4) is 0 Å². The van der Waals surface area contributed by atoms with Gasteiger partial charge in [-0.25, -0.2) is 0 Å². The van der Waals surface area contributed by atoms with Gasteiger partial charge in [0.25, 0.3) is 0 Å². The summed E-state index contributed by atoms with van der Waals surface area (Å²) in [5.41, 5.74) is 0. The van der Waals surface area contributed by atoms with Crippen LogP contribution in [0.5, 0.6) is 0 Å². The van der Waals surface area contributed by atoms with Crippen LogP contribution >= 0.6 is 11.3 Å². The Labute approximate surface area is 116 Å². The molecular formula is C14H19NO3S. The Hall–Kier alpha value is -1.36. The van der Waals surface area contributed by atoms with E-state index in [1.165, 1.54) is 24.2 Å². The topological polar surface area (TPSA) is 66.4 Å². The molecule has 104 valence electrons. The van der Waals surface area contributed by atoms with Gasteiger partial charge in [0.1, 0.15) is 0 Å². The molecule has 1 atom stereocenters. The second-order valence-electron chi connectivity index (χ2n) is 5.09. The average Bonchev–Trinajstić information content (AvgIpc) is 2.99. The number of thiophene rings is 1. The summed E-state index contributed by atoms with van der Waals surface area (Å²) in [6.45, 7) is 0. The Morgan fingerprint density at radius 3 is 2.74 bits per heavy atom. The van der Waals surface area contributed by atoms with Crippen LogP contribution in [0.1, 0.15) is 49.4 Å². The van der Waals surface area contributed by atoms with Crippen molar-refractivity contribution in [2.45, 2.75) is 44.6 Å². The SMILES string of the molecule is O=C(O)CC(NC(=O)CC1CCCC1)c1cccs1. The minimum absolute atomic E-state index is 0.0217. The van der Waals surface area contributed by atoms with Gasteiger partial charge < -0.3 is 10.4 Å². The van der Waals surface area contributed by atoms with Crippen LogP contribution in [0.25, 0.3) is 0 Å². The standard InChI is InChI=1S/C14H19NO3S/c16-13(8-10-4-1-2-5-10)15-11(9-14(17)18)12-6-3-7-19-12/h3,6-7,10-11H,1-2,4-5,8-9H2,(H,15,16)(H,17,18). The van der Waals surface area contributed by atoms with Crippen LogP contribution in [-0.2, 0) is 9.59 Å². The summed E-state index contributed by atoms with van der Waals surface area (Å²) in [4.78, 5) is 23.8. The number of hydrogen-bond acceptors (Lipinski definition) is 3. The van der Waals surface area contributed by atoms with Crippen LogP contribution in [0.15, 0.2) is 17.5 Å². The highest BCUT2D eigenvalue weighted by molar-refractivity contribution is 7.10. The molecule has 0 aromatic carbocycles. The zero-order valence-corrected chi connectivity index (χ0v) is 11.6. The molecule has 0 saturated heterocycles. The molecule has 0 spiro atoms. The molecule has 0 aliphatic heterocycles. The zero-order valence-electron chi connectivity index (χ0n) is 10.8. The molecule has 19 heavy (non-hydrogen) atoms. The summed E-state index contributed by atoms with van der Waals surface area (Å²) in [5.74, 6) is -0.431. The first-order chi connectivity index (χ1) is 9.15. The van der Waals surface area contributed by atoms with E-state index in [1.54, 1.807) is 0 Å². The van der Waals surface area contributed by atoms with Gasteiger partial charge >= 0.3 is 5.97 Å². The summed E-state index contributed by atoms with van der Waals surface area (Å²) < 4.78 is 0. The second kappa shape index (κ2) is 6.70. The van der Waals surface area contributed by atoms with Gasteiger partial charge in [-0.2, -0.15) is 0 Å². The van der Waals surface area contributed by atoms with Crippen molar-refractivity contribution < 1.29 is 14.7 Å². The third-order valence-electron chi connectivity index (χ3n) is 3.55. The van der Waals surface area contributed by atoms with Crippen LogP contribution in [0.4, 0.5) is 0 Å². The Kier molecular flexibility index (Phi) is 4.96. The molecule has 1 fully saturated rings. The van der Waals surface area contributed by atoms with Crippen molar-refractivity contribution >= 4 is 23.2 Å². The van der Waals surface area contributed by atoms with E-state index in [4.69, 9.17) is 5.11 Å². The van der Waals surface area contributed by atoms with E-state index in [-0.39, 0.29) is 12.3 Å². The van der Waals surface area contributed by atoms with Crippen molar-refractivity contribution in [1.82, 2.24) is 5.32 Å². The van der Waals surface area contributed by atoms with Crippen LogP contribution in [0, 0.1) is 5.92 Å². The van der Waals surface area contributed by atoms with Gasteiger partial charge in [-0.1, -0.05) is 18.9 Å². The van der Waals surface area contributed by atoms with E-state index in [1.807, 2.05) is 17.5 Å². The highest BCUT2D eigenvalue weighted by Gasteiger charge is 2.22. The maximum atomic E-state index is 12.0. The van der Waals surface area contributed by atoms with Crippen LogP contribution in [-0.4, -0.2) is 17.0 Å². The predicted molar refractivity (Wildman–Crippen MR) is 74.0 cm³/mol. The van der Waals surface area contributed by atoms with Gasteiger partial charge in [0.05, 0.1) is 12.5 Å². The number of carbonyl (C=O) groups excluding carboxylic acids is 1. The lowest BCUT2D eigenvalue weighted by atomic mass is 10.0. The van der Waals surface area contributed by atoms with Gasteiger partial charge in [0, 0.05) is 11.3 Å². The molecule has 2 rings (SSSR count). The first-order valence-electron chi connectivity index (χ1n) is 6.69. The fraction of sp³-hybridized carbons (Fsp3) is 0.571. The number of aliphatic carboxylic acids is 1. The van der Waals surface area contributed by atoms with E-state index in [2.05, 4.69) is 5.32 Å². The molecule has 1 amide bonds. The average molecular weight is 281 g/mol. The van der Waals surface area contributed by atoms with Gasteiger partial charge in [0.2, 0.25) is 5.91 Å². The van der Waals surface area contributed by atoms with E-state index in [0.29, 0.717) is 12.3 Å². The monoisotopic (exact) mass is 281 g/mol. The van der Waals surface area contributed by atoms with E-state index < -0.39 is 12.0 Å². The van der Waals surface area contributed by atoms with Crippen molar-refractivity contribution in [3.05, 3.63) is 22.4 Å². The Morgan fingerprint density at radius 1 is 1.42 bits per heavy atom. The molecule has 0 radical (unpaired) electrons. The maximum absolute atomic E-state index is 12.0. The van der Waals surface area contributed by atoms with E-state index in [0.717, 1.165) is 17.7 Å². The fourth-order valence-corrected chi connectivity index (χ4v) is 3.39. The van der Waals surface area contributed by atoms with Crippen molar-refractivity contribution in [1.29, 1.82) is 0 Å². The third kappa shape index (κ3) is 4.35. The summed E-state index contributed by atoms with van der Waals surface area (Å²) in [5, 5.41) is 13.7. The molecule has 4 nitrogen and oxygen atoms in total. The normalized spacial score (nSPS) is 17.3. The highest BCUT2D eigenvalue weighted by Crippen LogP contribution is 2.28. The summed E-state index contributed by atoms with van der Waals surface area (Å²) >= 11 is 1.48. The van der Waals surface area contributed by atoms with Crippen LogP contribution < -0.4 is 5.32 Å². The van der Waals surface area contributed by atoms with Crippen molar-refractivity contribution in [3.8, 4) is 0 Å². The second-order valence-corrected chi connectivity index (χ2v) is 6.07. The van der Waals surface area contributed by atoms with Gasteiger partial charge in [0.15, 0.2) is 0 Å². The Morgan fingerprint density at radius 2 is 2.16 bits per heavy atom. The lowest BCUT2D eigenvalue weighted by Crippen LogP contribution is -2.30. The van der Waals surface area contributed by atoms with Crippen molar-refractivity contribution in [2.24, 2.45) is 5.92 Å². The summed E-state index contributed by atoms with van der Waals surface area (Å²) in [6.07, 6.45) is 5.13. The molecule has 2 N–H and O–H groups in total. The highest BCUT2D eigenvalue weighted by atomic mass is 32.1. The van der Waals surface area contributed by atoms with Crippen molar-refractivity contribution in [3.63, 3.8) is 0 Å². The number of carboxylic acids is 1. The molecule has 1 aromatic heterocycles. The first kappa shape index (κ1) is 14.1. The molecule has 1 heterocycles. The minimum Gasteiger partial charge on any atom is -0.481 e. The fourth-order valence-electron chi connectivity index (χ4n) is 2.62. The quantitative estimate of drug-likeness (QED) is 0.842.